The summed E-state index contributed by atoms with van der Waals surface area (Å²) in [6, 6.07) is 10.4. The average Bonchev–Trinajstić information content (AvgIpc) is 2.46. The smallest absolute Gasteiger partial charge is 0.129 e. The highest BCUT2D eigenvalue weighted by molar-refractivity contribution is 5.81. The van der Waals surface area contributed by atoms with Gasteiger partial charge in [0.05, 0.1) is 5.52 Å². The van der Waals surface area contributed by atoms with Crippen molar-refractivity contribution in [1.29, 1.82) is 0 Å². The van der Waals surface area contributed by atoms with Crippen LogP contribution in [-0.4, -0.2) is 24.7 Å². The van der Waals surface area contributed by atoms with Crippen LogP contribution in [0.15, 0.2) is 30.3 Å². The zero-order chi connectivity index (χ0) is 14.2. The number of unbranched alkanes of at least 4 members (excludes halogenated alkanes) is 1. The maximum absolute atomic E-state index is 5.55. The van der Waals surface area contributed by atoms with Gasteiger partial charge in [0.2, 0.25) is 0 Å². The van der Waals surface area contributed by atoms with Crippen molar-refractivity contribution < 1.29 is 4.74 Å². The summed E-state index contributed by atoms with van der Waals surface area (Å²) in [4.78, 5) is 4.67. The second-order valence-corrected chi connectivity index (χ2v) is 5.09. The molecule has 1 aromatic carbocycles. The Labute approximate surface area is 121 Å². The molecule has 0 atom stereocenters. The SMILES string of the molecule is CCCCOCCCNc1nc2ccccc2cc1C. The molecule has 0 saturated carbocycles. The molecule has 1 heterocycles. The second-order valence-electron chi connectivity index (χ2n) is 5.09. The van der Waals surface area contributed by atoms with Gasteiger partial charge in [-0.1, -0.05) is 31.5 Å². The van der Waals surface area contributed by atoms with E-state index in [1.807, 2.05) is 18.2 Å². The number of hydrogen-bond donors (Lipinski definition) is 1. The fourth-order valence-electron chi connectivity index (χ4n) is 2.13. The van der Waals surface area contributed by atoms with Gasteiger partial charge < -0.3 is 10.1 Å². The van der Waals surface area contributed by atoms with E-state index in [1.165, 1.54) is 17.4 Å². The van der Waals surface area contributed by atoms with Crippen LogP contribution in [0, 0.1) is 6.92 Å². The number of fused-ring (bicyclic) bond motifs is 1. The van der Waals surface area contributed by atoms with Gasteiger partial charge in [0.15, 0.2) is 0 Å². The molecule has 0 fully saturated rings. The van der Waals surface area contributed by atoms with Crippen LogP contribution in [0.2, 0.25) is 0 Å². The van der Waals surface area contributed by atoms with E-state index in [-0.39, 0.29) is 0 Å². The molecule has 2 rings (SSSR count). The number of ether oxygens (including phenoxy) is 1. The Balaban J connectivity index is 1.82. The summed E-state index contributed by atoms with van der Waals surface area (Å²) in [6.45, 7) is 6.88. The normalized spacial score (nSPS) is 10.9. The lowest BCUT2D eigenvalue weighted by Gasteiger charge is -2.10. The van der Waals surface area contributed by atoms with E-state index in [1.54, 1.807) is 0 Å². The topological polar surface area (TPSA) is 34.1 Å². The van der Waals surface area contributed by atoms with Crippen molar-refractivity contribution in [2.75, 3.05) is 25.1 Å². The van der Waals surface area contributed by atoms with Crippen LogP contribution in [0.3, 0.4) is 0 Å². The third-order valence-electron chi connectivity index (χ3n) is 3.31. The molecule has 1 N–H and O–H groups in total. The maximum Gasteiger partial charge on any atom is 0.129 e. The lowest BCUT2D eigenvalue weighted by Crippen LogP contribution is -2.08. The van der Waals surface area contributed by atoms with E-state index < -0.39 is 0 Å². The predicted molar refractivity (Wildman–Crippen MR) is 85.3 cm³/mol. The Bertz CT molecular complexity index is 540. The number of para-hydroxylation sites is 1. The fourth-order valence-corrected chi connectivity index (χ4v) is 2.13. The van der Waals surface area contributed by atoms with Crippen LogP contribution in [0.1, 0.15) is 31.7 Å². The van der Waals surface area contributed by atoms with Crippen LogP contribution in [0.4, 0.5) is 5.82 Å². The van der Waals surface area contributed by atoms with E-state index in [0.29, 0.717) is 0 Å². The van der Waals surface area contributed by atoms with E-state index in [0.717, 1.165) is 43.9 Å². The van der Waals surface area contributed by atoms with E-state index in [2.05, 4.69) is 36.3 Å². The number of aromatic nitrogens is 1. The quantitative estimate of drug-likeness (QED) is 0.733. The molecule has 20 heavy (non-hydrogen) atoms. The van der Waals surface area contributed by atoms with Gasteiger partial charge in [-0.05, 0) is 37.5 Å². The number of pyridine rings is 1. The van der Waals surface area contributed by atoms with Crippen LogP contribution in [0.25, 0.3) is 10.9 Å². The molecule has 108 valence electrons. The fraction of sp³-hybridized carbons (Fsp3) is 0.471. The summed E-state index contributed by atoms with van der Waals surface area (Å²) in [7, 11) is 0. The summed E-state index contributed by atoms with van der Waals surface area (Å²) in [5.74, 6) is 0.984. The zero-order valence-corrected chi connectivity index (χ0v) is 12.5. The molecule has 0 aliphatic carbocycles. The Morgan fingerprint density at radius 1 is 1.15 bits per heavy atom. The molecule has 3 heteroatoms. The summed E-state index contributed by atoms with van der Waals surface area (Å²) >= 11 is 0. The molecule has 0 bridgehead atoms. The van der Waals surface area contributed by atoms with Gasteiger partial charge in [0.25, 0.3) is 0 Å². The van der Waals surface area contributed by atoms with E-state index >= 15 is 0 Å². The number of anilines is 1. The lowest BCUT2D eigenvalue weighted by molar-refractivity contribution is 0.131. The Morgan fingerprint density at radius 3 is 2.80 bits per heavy atom. The van der Waals surface area contributed by atoms with Gasteiger partial charge in [0, 0.05) is 25.1 Å². The van der Waals surface area contributed by atoms with Crippen molar-refractivity contribution in [3.8, 4) is 0 Å². The van der Waals surface area contributed by atoms with Crippen LogP contribution < -0.4 is 5.32 Å². The third kappa shape index (κ3) is 4.20. The standard InChI is InChI=1S/C17H24N2O/c1-3-4-11-20-12-7-10-18-17-14(2)13-15-8-5-6-9-16(15)19-17/h5-6,8-9,13H,3-4,7,10-12H2,1-2H3,(H,18,19). The van der Waals surface area contributed by atoms with E-state index in [9.17, 15) is 0 Å². The lowest BCUT2D eigenvalue weighted by atomic mass is 10.1. The highest BCUT2D eigenvalue weighted by Gasteiger charge is 2.02. The maximum atomic E-state index is 5.55. The van der Waals surface area contributed by atoms with E-state index in [4.69, 9.17) is 4.74 Å². The van der Waals surface area contributed by atoms with Gasteiger partial charge in [-0.25, -0.2) is 4.98 Å². The number of nitrogens with zero attached hydrogens (tertiary/aromatic N) is 1. The van der Waals surface area contributed by atoms with Crippen molar-refractivity contribution in [3.05, 3.63) is 35.9 Å². The Kier molecular flexibility index (Phi) is 5.81. The minimum atomic E-state index is 0.819. The minimum absolute atomic E-state index is 0.819. The van der Waals surface area contributed by atoms with Gasteiger partial charge in [0.1, 0.15) is 5.82 Å². The third-order valence-corrected chi connectivity index (χ3v) is 3.31. The summed E-state index contributed by atoms with van der Waals surface area (Å²) in [6.07, 6.45) is 3.36. The molecule has 0 spiro atoms. The van der Waals surface area contributed by atoms with Gasteiger partial charge in [-0.3, -0.25) is 0 Å². The molecule has 0 aliphatic heterocycles. The number of benzene rings is 1. The van der Waals surface area contributed by atoms with Crippen LogP contribution >= 0.6 is 0 Å². The second kappa shape index (κ2) is 7.85. The predicted octanol–water partition coefficient (Wildman–Crippen LogP) is 4.16. The van der Waals surface area contributed by atoms with Gasteiger partial charge in [-0.2, -0.15) is 0 Å². The number of aryl methyl sites for hydroxylation is 1. The average molecular weight is 272 g/mol. The molecule has 2 aromatic rings. The van der Waals surface area contributed by atoms with Crippen molar-refractivity contribution in [1.82, 2.24) is 4.98 Å². The Morgan fingerprint density at radius 2 is 1.95 bits per heavy atom. The first-order valence-corrected chi connectivity index (χ1v) is 7.49. The summed E-state index contributed by atoms with van der Waals surface area (Å²) in [5.41, 5.74) is 2.23. The first-order valence-electron chi connectivity index (χ1n) is 7.49. The van der Waals surface area contributed by atoms with Crippen LogP contribution in [-0.2, 0) is 4.74 Å². The number of rotatable bonds is 8. The van der Waals surface area contributed by atoms with Crippen LogP contribution in [0.5, 0.6) is 0 Å². The van der Waals surface area contributed by atoms with Crippen molar-refractivity contribution in [2.24, 2.45) is 0 Å². The largest absolute Gasteiger partial charge is 0.381 e. The van der Waals surface area contributed by atoms with Crippen molar-refractivity contribution >= 4 is 16.7 Å². The summed E-state index contributed by atoms with van der Waals surface area (Å²) in [5, 5.41) is 4.60. The molecule has 0 radical (unpaired) electrons. The van der Waals surface area contributed by atoms with Crippen molar-refractivity contribution in [2.45, 2.75) is 33.1 Å². The summed E-state index contributed by atoms with van der Waals surface area (Å²) < 4.78 is 5.55. The molecule has 3 nitrogen and oxygen atoms in total. The molecule has 0 aliphatic rings. The molecule has 0 amide bonds. The molecular formula is C17H24N2O. The van der Waals surface area contributed by atoms with Crippen molar-refractivity contribution in [3.63, 3.8) is 0 Å². The number of nitrogens with one attached hydrogen (secondary N) is 1. The van der Waals surface area contributed by atoms with Gasteiger partial charge in [-0.15, -0.1) is 0 Å². The molecule has 0 saturated heterocycles. The zero-order valence-electron chi connectivity index (χ0n) is 12.5. The highest BCUT2D eigenvalue weighted by Crippen LogP contribution is 2.19. The monoisotopic (exact) mass is 272 g/mol. The van der Waals surface area contributed by atoms with Gasteiger partial charge >= 0.3 is 0 Å². The number of hydrogen-bond acceptors (Lipinski definition) is 3. The first kappa shape index (κ1) is 14.8. The molecular weight excluding hydrogens is 248 g/mol. The Hall–Kier alpha value is -1.61. The molecule has 1 aromatic heterocycles. The minimum Gasteiger partial charge on any atom is -0.381 e. The first-order chi connectivity index (χ1) is 9.81. The highest BCUT2D eigenvalue weighted by atomic mass is 16.5. The molecule has 0 unspecified atom stereocenters.